The van der Waals surface area contributed by atoms with E-state index in [0.29, 0.717) is 22.6 Å². The average molecular weight is 430 g/mol. The molecule has 1 aliphatic rings. The minimum absolute atomic E-state index is 0.0911. The van der Waals surface area contributed by atoms with Crippen molar-refractivity contribution in [2.75, 3.05) is 11.5 Å². The van der Waals surface area contributed by atoms with Crippen LogP contribution in [0.1, 0.15) is 44.5 Å². The van der Waals surface area contributed by atoms with Gasteiger partial charge < -0.3 is 4.57 Å². The minimum atomic E-state index is -3.27. The summed E-state index contributed by atoms with van der Waals surface area (Å²) in [4.78, 5) is 0.359. The highest BCUT2D eigenvalue weighted by molar-refractivity contribution is 9.10. The first-order chi connectivity index (χ1) is 11.4. The Labute approximate surface area is 155 Å². The van der Waals surface area contributed by atoms with Crippen LogP contribution >= 0.6 is 27.7 Å². The standard InChI is InChI=1S/C16H20BrN3O2S2/c1-11(2)15-18-19-16(20(15)13-5-6-13)23-9-10-24(21,22)14-7-3-12(17)4-8-14/h3-4,7-8,11,13H,5-6,9-10H2,1-2H3. The Morgan fingerprint density at radius 2 is 1.92 bits per heavy atom. The summed E-state index contributed by atoms with van der Waals surface area (Å²) in [7, 11) is -3.27. The smallest absolute Gasteiger partial charge is 0.191 e. The molecule has 2 aromatic rings. The van der Waals surface area contributed by atoms with Gasteiger partial charge in [-0.3, -0.25) is 0 Å². The van der Waals surface area contributed by atoms with Crippen molar-refractivity contribution in [3.05, 3.63) is 34.6 Å². The van der Waals surface area contributed by atoms with Crippen molar-refractivity contribution in [1.82, 2.24) is 14.8 Å². The molecule has 0 bridgehead atoms. The molecule has 0 N–H and O–H groups in total. The summed E-state index contributed by atoms with van der Waals surface area (Å²) < 4.78 is 27.9. The van der Waals surface area contributed by atoms with Crippen LogP contribution in [-0.2, 0) is 9.84 Å². The van der Waals surface area contributed by atoms with Gasteiger partial charge in [-0.25, -0.2) is 8.42 Å². The molecule has 1 saturated carbocycles. The predicted octanol–water partition coefficient (Wildman–Crippen LogP) is 4.06. The fourth-order valence-corrected chi connectivity index (χ4v) is 5.38. The minimum Gasteiger partial charge on any atom is -0.303 e. The molecular weight excluding hydrogens is 410 g/mol. The lowest BCUT2D eigenvalue weighted by Gasteiger charge is -2.10. The number of sulfone groups is 1. The molecule has 5 nitrogen and oxygen atoms in total. The molecule has 0 aliphatic heterocycles. The third kappa shape index (κ3) is 4.03. The van der Waals surface area contributed by atoms with E-state index in [-0.39, 0.29) is 5.75 Å². The van der Waals surface area contributed by atoms with Crippen molar-refractivity contribution < 1.29 is 8.42 Å². The first kappa shape index (κ1) is 17.9. The fourth-order valence-electron chi connectivity index (χ4n) is 2.46. The zero-order valence-corrected chi connectivity index (χ0v) is 16.9. The molecule has 0 spiro atoms. The molecule has 1 aliphatic carbocycles. The topological polar surface area (TPSA) is 64.8 Å². The Bertz CT molecular complexity index is 812. The van der Waals surface area contributed by atoms with E-state index in [2.05, 4.69) is 44.5 Å². The van der Waals surface area contributed by atoms with E-state index in [9.17, 15) is 8.42 Å². The average Bonchev–Trinajstić information content (AvgIpc) is 3.27. The first-order valence-electron chi connectivity index (χ1n) is 7.94. The van der Waals surface area contributed by atoms with Crippen molar-refractivity contribution in [3.8, 4) is 0 Å². The molecule has 24 heavy (non-hydrogen) atoms. The normalized spacial score (nSPS) is 15.2. The predicted molar refractivity (Wildman–Crippen MR) is 99.3 cm³/mol. The van der Waals surface area contributed by atoms with E-state index >= 15 is 0 Å². The van der Waals surface area contributed by atoms with E-state index in [4.69, 9.17) is 0 Å². The van der Waals surface area contributed by atoms with E-state index in [1.807, 2.05) is 0 Å². The fraction of sp³-hybridized carbons (Fsp3) is 0.500. The van der Waals surface area contributed by atoms with Crippen LogP contribution in [0.4, 0.5) is 0 Å². The van der Waals surface area contributed by atoms with Crippen molar-refractivity contribution in [1.29, 1.82) is 0 Å². The van der Waals surface area contributed by atoms with Gasteiger partial charge in [0.1, 0.15) is 5.82 Å². The largest absolute Gasteiger partial charge is 0.303 e. The Kier molecular flexibility index (Phi) is 5.36. The zero-order valence-electron chi connectivity index (χ0n) is 13.6. The lowest BCUT2D eigenvalue weighted by Crippen LogP contribution is -2.10. The highest BCUT2D eigenvalue weighted by atomic mass is 79.9. The number of benzene rings is 1. The van der Waals surface area contributed by atoms with E-state index < -0.39 is 9.84 Å². The number of aromatic nitrogens is 3. The van der Waals surface area contributed by atoms with Gasteiger partial charge in [0.25, 0.3) is 0 Å². The first-order valence-corrected chi connectivity index (χ1v) is 11.4. The molecule has 0 amide bonds. The number of hydrogen-bond acceptors (Lipinski definition) is 5. The molecule has 130 valence electrons. The van der Waals surface area contributed by atoms with Gasteiger partial charge in [-0.2, -0.15) is 0 Å². The van der Waals surface area contributed by atoms with Gasteiger partial charge >= 0.3 is 0 Å². The molecule has 8 heteroatoms. The van der Waals surface area contributed by atoms with Gasteiger partial charge in [-0.05, 0) is 37.1 Å². The molecule has 3 rings (SSSR count). The monoisotopic (exact) mass is 429 g/mol. The lowest BCUT2D eigenvalue weighted by atomic mass is 10.2. The van der Waals surface area contributed by atoms with Crippen LogP contribution in [0, 0.1) is 0 Å². The van der Waals surface area contributed by atoms with E-state index in [1.54, 1.807) is 24.3 Å². The second-order valence-corrected chi connectivity index (χ2v) is 10.3. The number of rotatable bonds is 7. The van der Waals surface area contributed by atoms with Crippen LogP contribution in [0.15, 0.2) is 38.8 Å². The summed E-state index contributed by atoms with van der Waals surface area (Å²) >= 11 is 4.80. The summed E-state index contributed by atoms with van der Waals surface area (Å²) in [5, 5.41) is 9.41. The Morgan fingerprint density at radius 1 is 1.25 bits per heavy atom. The van der Waals surface area contributed by atoms with Crippen LogP contribution in [0.5, 0.6) is 0 Å². The maximum Gasteiger partial charge on any atom is 0.191 e. The molecular formula is C16H20BrN3O2S2. The maximum atomic E-state index is 12.4. The summed E-state index contributed by atoms with van der Waals surface area (Å²) in [6.45, 7) is 4.21. The van der Waals surface area contributed by atoms with Crippen LogP contribution in [-0.4, -0.2) is 34.7 Å². The van der Waals surface area contributed by atoms with Crippen LogP contribution in [0.25, 0.3) is 0 Å². The number of thioether (sulfide) groups is 1. The summed E-state index contributed by atoms with van der Waals surface area (Å²) in [6.07, 6.45) is 2.31. The Hall–Kier alpha value is -0.860. The molecule has 0 unspecified atom stereocenters. The molecule has 1 heterocycles. The van der Waals surface area contributed by atoms with E-state index in [1.165, 1.54) is 11.8 Å². The molecule has 1 aromatic carbocycles. The van der Waals surface area contributed by atoms with Gasteiger partial charge in [0.15, 0.2) is 15.0 Å². The van der Waals surface area contributed by atoms with Gasteiger partial charge in [-0.1, -0.05) is 41.5 Å². The second kappa shape index (κ2) is 7.17. The number of halogens is 1. The van der Waals surface area contributed by atoms with Gasteiger partial charge in [0.05, 0.1) is 10.6 Å². The highest BCUT2D eigenvalue weighted by Crippen LogP contribution is 2.40. The molecule has 0 atom stereocenters. The van der Waals surface area contributed by atoms with Crippen LogP contribution in [0.2, 0.25) is 0 Å². The number of nitrogens with zero attached hydrogens (tertiary/aromatic N) is 3. The van der Waals surface area contributed by atoms with Crippen molar-refractivity contribution in [2.45, 2.75) is 48.7 Å². The highest BCUT2D eigenvalue weighted by Gasteiger charge is 2.30. The third-order valence-electron chi connectivity index (χ3n) is 3.88. The van der Waals surface area contributed by atoms with E-state index in [0.717, 1.165) is 28.3 Å². The van der Waals surface area contributed by atoms with Gasteiger partial charge in [0, 0.05) is 22.2 Å². The maximum absolute atomic E-state index is 12.4. The molecule has 1 fully saturated rings. The van der Waals surface area contributed by atoms with Gasteiger partial charge in [0.2, 0.25) is 0 Å². The van der Waals surface area contributed by atoms with Crippen molar-refractivity contribution >= 4 is 37.5 Å². The van der Waals surface area contributed by atoms with Crippen LogP contribution < -0.4 is 0 Å². The van der Waals surface area contributed by atoms with Gasteiger partial charge in [-0.15, -0.1) is 10.2 Å². The molecule has 1 aromatic heterocycles. The Balaban J connectivity index is 1.67. The lowest BCUT2D eigenvalue weighted by molar-refractivity contribution is 0.596. The van der Waals surface area contributed by atoms with Crippen molar-refractivity contribution in [3.63, 3.8) is 0 Å². The SMILES string of the molecule is CC(C)c1nnc(SCCS(=O)(=O)c2ccc(Br)cc2)n1C1CC1. The summed E-state index contributed by atoms with van der Waals surface area (Å²) in [5.74, 6) is 1.88. The van der Waals surface area contributed by atoms with Crippen molar-refractivity contribution in [2.24, 2.45) is 0 Å². The summed E-state index contributed by atoms with van der Waals surface area (Å²) in [6, 6.07) is 7.25. The second-order valence-electron chi connectivity index (χ2n) is 6.22. The third-order valence-corrected chi connectivity index (χ3v) is 7.34. The molecule has 0 saturated heterocycles. The van der Waals surface area contributed by atoms with Crippen LogP contribution in [0.3, 0.4) is 0 Å². The zero-order chi connectivity index (χ0) is 17.3. The molecule has 0 radical (unpaired) electrons. The summed E-state index contributed by atoms with van der Waals surface area (Å²) in [5.41, 5.74) is 0. The quantitative estimate of drug-likeness (QED) is 0.620. The Morgan fingerprint density at radius 3 is 2.50 bits per heavy atom. The number of hydrogen-bond donors (Lipinski definition) is 0.